The van der Waals surface area contributed by atoms with E-state index in [1.807, 2.05) is 0 Å². The maximum absolute atomic E-state index is 12.6. The van der Waals surface area contributed by atoms with E-state index in [2.05, 4.69) is 19.1 Å². The number of carbonyl (C=O) groups is 3. The molecule has 0 aromatic rings. The lowest BCUT2D eigenvalue weighted by atomic mass is 9.85. The number of hydrogen-bond donors (Lipinski definition) is 8. The Balaban J connectivity index is 2.55. The molecule has 17 heteroatoms. The number of esters is 2. The minimum Gasteiger partial charge on any atom is -0.478 e. The molecule has 7 unspecified atom stereocenters. The van der Waals surface area contributed by atoms with Crippen LogP contribution in [-0.2, 0) is 37.5 Å². The van der Waals surface area contributed by atoms with Crippen LogP contribution in [-0.4, -0.2) is 121 Å². The molecule has 0 bridgehead atoms. The van der Waals surface area contributed by atoms with Crippen molar-refractivity contribution in [3.8, 4) is 0 Å². The fourth-order valence-corrected chi connectivity index (χ4v) is 6.17. The number of rotatable bonds is 28. The van der Waals surface area contributed by atoms with E-state index in [4.69, 9.17) is 23.6 Å². The van der Waals surface area contributed by atoms with Gasteiger partial charge in [0.15, 0.2) is 6.10 Å². The van der Waals surface area contributed by atoms with Gasteiger partial charge in [0.05, 0.1) is 12.7 Å². The van der Waals surface area contributed by atoms with Gasteiger partial charge in [0, 0.05) is 18.9 Å². The Morgan fingerprint density at radius 2 is 1.25 bits per heavy atom. The molecule has 1 aliphatic carbocycles. The molecule has 51 heavy (non-hydrogen) atoms. The van der Waals surface area contributed by atoms with Crippen LogP contribution in [0.1, 0.15) is 110 Å². The number of unbranched alkanes of at least 4 members (excludes halogenated alkanes) is 11. The highest BCUT2D eigenvalue weighted by atomic mass is 31.2. The highest BCUT2D eigenvalue weighted by molar-refractivity contribution is 7.47. The lowest BCUT2D eigenvalue weighted by molar-refractivity contribution is -0.220. The second kappa shape index (κ2) is 26.5. The second-order valence-electron chi connectivity index (χ2n) is 12.7. The molecule has 1 fully saturated rings. The van der Waals surface area contributed by atoms with Crippen molar-refractivity contribution in [2.45, 2.75) is 158 Å². The van der Waals surface area contributed by atoms with Crippen LogP contribution >= 0.6 is 7.82 Å². The van der Waals surface area contributed by atoms with E-state index in [-0.39, 0.29) is 12.8 Å². The van der Waals surface area contributed by atoms with Crippen LogP contribution in [0.5, 0.6) is 0 Å². The molecule has 0 heterocycles. The molecule has 0 aromatic carbocycles. The molecular weight excluding hydrogens is 695 g/mol. The molecule has 0 aromatic heterocycles. The standard InChI is InChI=1S/C34H59O16P/c1-2-3-4-5-6-7-8-9-10-11-12-13-14-15-16-17-27(38)47-22-25(49-28(39)21-19-24(35)18-20-26(36)37)23-48-51(45,46)50-34-32(43)30(41)29(40)31(42)33(34)44/h9-10,18,20,24-25,29-35,40-44H,2-8,11-17,19,21-23H2,1H3,(H,36,37)(H,45,46)/b10-9-,20-18+/t24?,25-,29?,30-,31?,32?,33?,34?/m1/s1. The van der Waals surface area contributed by atoms with Crippen LogP contribution in [0, 0.1) is 0 Å². The smallest absolute Gasteiger partial charge is 0.472 e. The summed E-state index contributed by atoms with van der Waals surface area (Å²) in [7, 11) is -5.21. The molecule has 0 saturated heterocycles. The van der Waals surface area contributed by atoms with E-state index in [9.17, 15) is 54.5 Å². The zero-order valence-electron chi connectivity index (χ0n) is 29.4. The fourth-order valence-electron chi connectivity index (χ4n) is 5.20. The topological polar surface area (TPSA) is 267 Å². The summed E-state index contributed by atoms with van der Waals surface area (Å²) < 4.78 is 32.6. The van der Waals surface area contributed by atoms with Crippen molar-refractivity contribution in [2.24, 2.45) is 0 Å². The predicted octanol–water partition coefficient (Wildman–Crippen LogP) is 2.58. The van der Waals surface area contributed by atoms with Crippen molar-refractivity contribution in [1.82, 2.24) is 0 Å². The maximum Gasteiger partial charge on any atom is 0.472 e. The Morgan fingerprint density at radius 1 is 0.725 bits per heavy atom. The first-order chi connectivity index (χ1) is 24.2. The summed E-state index contributed by atoms with van der Waals surface area (Å²) in [5.74, 6) is -2.88. The molecule has 0 amide bonds. The van der Waals surface area contributed by atoms with E-state index >= 15 is 0 Å². The molecule has 16 nitrogen and oxygen atoms in total. The first-order valence-electron chi connectivity index (χ1n) is 17.8. The summed E-state index contributed by atoms with van der Waals surface area (Å²) >= 11 is 0. The molecule has 0 aliphatic heterocycles. The molecular formula is C34H59O16P. The van der Waals surface area contributed by atoms with Crippen LogP contribution in [0.25, 0.3) is 0 Å². The Hall–Kier alpha value is -2.24. The zero-order chi connectivity index (χ0) is 38.2. The molecule has 1 rings (SSSR count). The van der Waals surface area contributed by atoms with Gasteiger partial charge in [-0.15, -0.1) is 0 Å². The summed E-state index contributed by atoms with van der Waals surface area (Å²) in [5, 5.41) is 68.1. The number of phosphoric ester groups is 1. The van der Waals surface area contributed by atoms with Crippen molar-refractivity contribution < 1.29 is 78.1 Å². The molecule has 1 aliphatic rings. The SMILES string of the molecule is CCCCCCCC/C=C\CCCCCCCC(=O)OC[C@H](COP(=O)(O)OC1C(O)C(O)C(O)[C@@H](O)C1O)OC(=O)CCC(O)/C=C/C(=O)O. The van der Waals surface area contributed by atoms with Crippen LogP contribution in [0.3, 0.4) is 0 Å². The maximum atomic E-state index is 12.6. The van der Waals surface area contributed by atoms with Gasteiger partial charge < -0.3 is 50.1 Å². The molecule has 0 spiro atoms. The highest BCUT2D eigenvalue weighted by Gasteiger charge is 2.51. The zero-order valence-corrected chi connectivity index (χ0v) is 30.3. The first-order valence-corrected chi connectivity index (χ1v) is 19.3. The minimum atomic E-state index is -5.21. The van der Waals surface area contributed by atoms with Gasteiger partial charge in [0.2, 0.25) is 0 Å². The van der Waals surface area contributed by atoms with Gasteiger partial charge in [-0.05, 0) is 44.6 Å². The fraction of sp³-hybridized carbons (Fsp3) is 0.794. The minimum absolute atomic E-state index is 0.0668. The van der Waals surface area contributed by atoms with E-state index in [1.165, 1.54) is 38.5 Å². The van der Waals surface area contributed by atoms with Crippen LogP contribution in [0.4, 0.5) is 0 Å². The van der Waals surface area contributed by atoms with Crippen molar-refractivity contribution in [2.75, 3.05) is 13.2 Å². The largest absolute Gasteiger partial charge is 0.478 e. The van der Waals surface area contributed by atoms with Gasteiger partial charge in [-0.25, -0.2) is 9.36 Å². The number of phosphoric acid groups is 1. The number of carboxylic acid groups (broad SMARTS) is 1. The van der Waals surface area contributed by atoms with E-state index in [0.717, 1.165) is 44.6 Å². The van der Waals surface area contributed by atoms with Gasteiger partial charge in [-0.3, -0.25) is 18.6 Å². The molecule has 0 radical (unpaired) electrons. The number of aliphatic hydroxyl groups excluding tert-OH is 6. The predicted molar refractivity (Wildman–Crippen MR) is 183 cm³/mol. The second-order valence-corrected chi connectivity index (χ2v) is 14.1. The Kier molecular flexibility index (Phi) is 24.3. The van der Waals surface area contributed by atoms with Crippen molar-refractivity contribution in [3.05, 3.63) is 24.3 Å². The number of hydrogen-bond acceptors (Lipinski definition) is 14. The summed E-state index contributed by atoms with van der Waals surface area (Å²) in [6.07, 6.45) is 4.58. The highest BCUT2D eigenvalue weighted by Crippen LogP contribution is 2.47. The van der Waals surface area contributed by atoms with Gasteiger partial charge in [0.25, 0.3) is 0 Å². The third-order valence-electron chi connectivity index (χ3n) is 8.23. The Labute approximate surface area is 299 Å². The summed E-state index contributed by atoms with van der Waals surface area (Å²) in [6, 6.07) is 0. The van der Waals surface area contributed by atoms with Crippen LogP contribution in [0.15, 0.2) is 24.3 Å². The monoisotopic (exact) mass is 754 g/mol. The van der Waals surface area contributed by atoms with E-state index in [1.54, 1.807) is 0 Å². The Bertz CT molecular complexity index is 1080. The number of carboxylic acids is 1. The lowest BCUT2D eigenvalue weighted by Gasteiger charge is -2.41. The third-order valence-corrected chi connectivity index (χ3v) is 9.21. The van der Waals surface area contributed by atoms with Gasteiger partial charge in [-0.2, -0.15) is 0 Å². The van der Waals surface area contributed by atoms with E-state index < -0.39 is 94.2 Å². The van der Waals surface area contributed by atoms with Crippen molar-refractivity contribution >= 4 is 25.7 Å². The number of carbonyl (C=O) groups excluding carboxylic acids is 2. The number of ether oxygens (including phenoxy) is 2. The number of aliphatic hydroxyl groups is 6. The van der Waals surface area contributed by atoms with Crippen LogP contribution < -0.4 is 0 Å². The van der Waals surface area contributed by atoms with E-state index in [0.29, 0.717) is 12.5 Å². The van der Waals surface area contributed by atoms with Crippen LogP contribution in [0.2, 0.25) is 0 Å². The first kappa shape index (κ1) is 46.8. The van der Waals surface area contributed by atoms with Gasteiger partial charge in [-0.1, -0.05) is 70.4 Å². The normalized spacial score (nSPS) is 24.7. The van der Waals surface area contributed by atoms with Gasteiger partial charge in [0.1, 0.15) is 43.2 Å². The summed E-state index contributed by atoms with van der Waals surface area (Å²) in [6.45, 7) is 0.713. The average Bonchev–Trinajstić information content (AvgIpc) is 3.09. The summed E-state index contributed by atoms with van der Waals surface area (Å²) in [4.78, 5) is 45.6. The molecule has 1 saturated carbocycles. The summed E-state index contributed by atoms with van der Waals surface area (Å²) in [5.41, 5.74) is 0. The van der Waals surface area contributed by atoms with Crippen molar-refractivity contribution in [3.63, 3.8) is 0 Å². The number of aliphatic carboxylic acids is 1. The lowest BCUT2D eigenvalue weighted by Crippen LogP contribution is -2.64. The molecule has 8 N–H and O–H groups in total. The van der Waals surface area contributed by atoms with Gasteiger partial charge >= 0.3 is 25.7 Å². The van der Waals surface area contributed by atoms with Crippen molar-refractivity contribution in [1.29, 1.82) is 0 Å². The molecule has 296 valence electrons. The number of allylic oxidation sites excluding steroid dienone is 2. The molecule has 9 atom stereocenters. The Morgan fingerprint density at radius 3 is 1.82 bits per heavy atom. The average molecular weight is 755 g/mol. The third kappa shape index (κ3) is 21.2. The quantitative estimate of drug-likeness (QED) is 0.0188.